The summed E-state index contributed by atoms with van der Waals surface area (Å²) in [6.45, 7) is 6.20. The molecule has 3 nitrogen and oxygen atoms in total. The lowest BCUT2D eigenvalue weighted by Gasteiger charge is -2.25. The van der Waals surface area contributed by atoms with Crippen molar-refractivity contribution in [3.05, 3.63) is 11.6 Å². The molecule has 0 aromatic carbocycles. The summed E-state index contributed by atoms with van der Waals surface area (Å²) < 4.78 is 0. The average molecular weight is 257 g/mol. The second kappa shape index (κ2) is 6.45. The molecular weight excluding hydrogens is 234 g/mol. The molecule has 1 rings (SSSR count). The standard InChI is InChI=1S/C13H23NO2S/c1-13(2,3)11(15)9-14-12(16)8-10-4-6-17-7-5-10/h8,11,15H,4-7,9H2,1-3H3,(H,14,16). The first-order valence-corrected chi connectivity index (χ1v) is 7.28. The monoisotopic (exact) mass is 257 g/mol. The number of aliphatic hydroxyl groups is 1. The highest BCUT2D eigenvalue weighted by atomic mass is 32.2. The lowest BCUT2D eigenvalue weighted by Crippen LogP contribution is -2.38. The zero-order valence-electron chi connectivity index (χ0n) is 11.0. The molecule has 0 saturated carbocycles. The van der Waals surface area contributed by atoms with Gasteiger partial charge in [0.25, 0.3) is 0 Å². The molecule has 1 atom stereocenters. The van der Waals surface area contributed by atoms with E-state index in [4.69, 9.17) is 0 Å². The molecule has 1 aliphatic heterocycles. The van der Waals surface area contributed by atoms with E-state index in [-0.39, 0.29) is 11.3 Å². The number of amides is 1. The van der Waals surface area contributed by atoms with E-state index in [1.807, 2.05) is 32.5 Å². The van der Waals surface area contributed by atoms with Crippen molar-refractivity contribution >= 4 is 17.7 Å². The van der Waals surface area contributed by atoms with Gasteiger partial charge in [-0.15, -0.1) is 0 Å². The first kappa shape index (κ1) is 14.6. The molecule has 2 N–H and O–H groups in total. The Hall–Kier alpha value is -0.480. The van der Waals surface area contributed by atoms with Crippen LogP contribution in [0.15, 0.2) is 11.6 Å². The van der Waals surface area contributed by atoms with Crippen LogP contribution in [-0.2, 0) is 4.79 Å². The molecule has 1 fully saturated rings. The van der Waals surface area contributed by atoms with Crippen LogP contribution in [0.1, 0.15) is 33.6 Å². The predicted octanol–water partition coefficient (Wildman–Crippen LogP) is 1.96. The summed E-state index contributed by atoms with van der Waals surface area (Å²) in [7, 11) is 0. The van der Waals surface area contributed by atoms with E-state index in [0.29, 0.717) is 6.54 Å². The second-order valence-corrected chi connectivity index (χ2v) is 6.77. The summed E-state index contributed by atoms with van der Waals surface area (Å²) >= 11 is 1.93. The van der Waals surface area contributed by atoms with Crippen molar-refractivity contribution in [3.63, 3.8) is 0 Å². The number of aliphatic hydroxyl groups excluding tert-OH is 1. The van der Waals surface area contributed by atoms with E-state index in [1.165, 1.54) is 5.57 Å². The van der Waals surface area contributed by atoms with Crippen molar-refractivity contribution in [3.8, 4) is 0 Å². The molecular formula is C13H23NO2S. The Kier molecular flexibility index (Phi) is 5.53. The molecule has 0 radical (unpaired) electrons. The van der Waals surface area contributed by atoms with Gasteiger partial charge in [-0.25, -0.2) is 0 Å². The van der Waals surface area contributed by atoms with Crippen molar-refractivity contribution < 1.29 is 9.90 Å². The Bertz CT molecular complexity index is 286. The summed E-state index contributed by atoms with van der Waals surface area (Å²) in [4.78, 5) is 11.6. The van der Waals surface area contributed by atoms with Gasteiger partial charge in [0.1, 0.15) is 0 Å². The molecule has 0 aromatic rings. The maximum atomic E-state index is 11.6. The number of carbonyl (C=O) groups is 1. The summed E-state index contributed by atoms with van der Waals surface area (Å²) in [6, 6.07) is 0. The Morgan fingerprint density at radius 3 is 2.59 bits per heavy atom. The highest BCUT2D eigenvalue weighted by molar-refractivity contribution is 7.99. The molecule has 0 bridgehead atoms. The number of carbonyl (C=O) groups excluding carboxylic acids is 1. The molecule has 0 aromatic heterocycles. The van der Waals surface area contributed by atoms with Gasteiger partial charge in [0, 0.05) is 12.6 Å². The zero-order chi connectivity index (χ0) is 12.9. The lowest BCUT2D eigenvalue weighted by molar-refractivity contribution is -0.117. The number of nitrogens with one attached hydrogen (secondary N) is 1. The normalized spacial score (nSPS) is 18.7. The Morgan fingerprint density at radius 1 is 1.47 bits per heavy atom. The molecule has 0 spiro atoms. The Morgan fingerprint density at radius 2 is 2.06 bits per heavy atom. The highest BCUT2D eigenvalue weighted by Gasteiger charge is 2.22. The van der Waals surface area contributed by atoms with E-state index in [1.54, 1.807) is 6.08 Å². The van der Waals surface area contributed by atoms with Gasteiger partial charge in [0.2, 0.25) is 5.91 Å². The van der Waals surface area contributed by atoms with Crippen LogP contribution in [0, 0.1) is 5.41 Å². The summed E-state index contributed by atoms with van der Waals surface area (Å²) in [5, 5.41) is 12.6. The third kappa shape index (κ3) is 5.59. The lowest BCUT2D eigenvalue weighted by atomic mass is 9.89. The number of hydrogen-bond donors (Lipinski definition) is 2. The molecule has 17 heavy (non-hydrogen) atoms. The van der Waals surface area contributed by atoms with Gasteiger partial charge in [-0.05, 0) is 29.8 Å². The van der Waals surface area contributed by atoms with Crippen LogP contribution in [0.4, 0.5) is 0 Å². The predicted molar refractivity (Wildman–Crippen MR) is 73.1 cm³/mol. The fourth-order valence-electron chi connectivity index (χ4n) is 1.52. The minimum Gasteiger partial charge on any atom is -0.391 e. The Balaban J connectivity index is 2.34. The van der Waals surface area contributed by atoms with Gasteiger partial charge in [-0.3, -0.25) is 4.79 Å². The molecule has 1 unspecified atom stereocenters. The smallest absolute Gasteiger partial charge is 0.244 e. The van der Waals surface area contributed by atoms with Crippen LogP contribution in [0.25, 0.3) is 0 Å². The number of rotatable bonds is 3. The largest absolute Gasteiger partial charge is 0.391 e. The fraction of sp³-hybridized carbons (Fsp3) is 0.769. The van der Waals surface area contributed by atoms with Crippen LogP contribution < -0.4 is 5.32 Å². The van der Waals surface area contributed by atoms with Crippen LogP contribution in [0.2, 0.25) is 0 Å². The van der Waals surface area contributed by atoms with E-state index in [2.05, 4.69) is 5.32 Å². The Labute approximate surface area is 108 Å². The maximum Gasteiger partial charge on any atom is 0.244 e. The van der Waals surface area contributed by atoms with Gasteiger partial charge >= 0.3 is 0 Å². The average Bonchev–Trinajstić information content (AvgIpc) is 2.26. The third-order valence-electron chi connectivity index (χ3n) is 2.94. The molecule has 98 valence electrons. The third-order valence-corrected chi connectivity index (χ3v) is 3.93. The molecule has 0 aliphatic carbocycles. The molecule has 4 heteroatoms. The summed E-state index contributed by atoms with van der Waals surface area (Å²) in [5.74, 6) is 2.16. The van der Waals surface area contributed by atoms with E-state index in [9.17, 15) is 9.90 Å². The molecule has 1 aliphatic rings. The van der Waals surface area contributed by atoms with Crippen molar-refractivity contribution in [1.29, 1.82) is 0 Å². The topological polar surface area (TPSA) is 49.3 Å². The van der Waals surface area contributed by atoms with Crippen LogP contribution >= 0.6 is 11.8 Å². The molecule has 1 heterocycles. The molecule has 1 amide bonds. The van der Waals surface area contributed by atoms with Crippen LogP contribution in [0.5, 0.6) is 0 Å². The van der Waals surface area contributed by atoms with Crippen molar-refractivity contribution in [2.45, 2.75) is 39.7 Å². The quantitative estimate of drug-likeness (QED) is 0.760. The first-order valence-electron chi connectivity index (χ1n) is 6.12. The first-order chi connectivity index (χ1) is 7.89. The van der Waals surface area contributed by atoms with Crippen LogP contribution in [0.3, 0.4) is 0 Å². The maximum absolute atomic E-state index is 11.6. The number of thioether (sulfide) groups is 1. The van der Waals surface area contributed by atoms with Gasteiger partial charge in [-0.1, -0.05) is 26.3 Å². The van der Waals surface area contributed by atoms with Gasteiger partial charge in [-0.2, -0.15) is 11.8 Å². The van der Waals surface area contributed by atoms with Crippen molar-refractivity contribution in [2.75, 3.05) is 18.1 Å². The SMILES string of the molecule is CC(C)(C)C(O)CNC(=O)C=C1CCSCC1. The second-order valence-electron chi connectivity index (χ2n) is 5.54. The number of allylic oxidation sites excluding steroid dienone is 1. The van der Waals surface area contributed by atoms with Crippen LogP contribution in [-0.4, -0.2) is 35.2 Å². The highest BCUT2D eigenvalue weighted by Crippen LogP contribution is 2.21. The minimum atomic E-state index is -0.508. The van der Waals surface area contributed by atoms with Gasteiger partial charge in [0.15, 0.2) is 0 Å². The van der Waals surface area contributed by atoms with Crippen molar-refractivity contribution in [1.82, 2.24) is 5.32 Å². The van der Waals surface area contributed by atoms with Gasteiger partial charge in [0.05, 0.1) is 6.10 Å². The van der Waals surface area contributed by atoms with E-state index >= 15 is 0 Å². The van der Waals surface area contributed by atoms with Gasteiger partial charge < -0.3 is 10.4 Å². The zero-order valence-corrected chi connectivity index (χ0v) is 11.8. The minimum absolute atomic E-state index is 0.0739. The van der Waals surface area contributed by atoms with E-state index < -0.39 is 6.10 Å². The molecule has 1 saturated heterocycles. The fourth-order valence-corrected chi connectivity index (χ4v) is 2.53. The summed E-state index contributed by atoms with van der Waals surface area (Å²) in [5.41, 5.74) is 1.04. The number of hydrogen-bond acceptors (Lipinski definition) is 3. The summed E-state index contributed by atoms with van der Waals surface area (Å²) in [6.07, 6.45) is 3.22. The van der Waals surface area contributed by atoms with E-state index in [0.717, 1.165) is 24.3 Å². The van der Waals surface area contributed by atoms with Crippen molar-refractivity contribution in [2.24, 2.45) is 5.41 Å².